The number of amides is 2. The van der Waals surface area contributed by atoms with Gasteiger partial charge in [-0.3, -0.25) is 19.8 Å². The highest BCUT2D eigenvalue weighted by Gasteiger charge is 2.18. The van der Waals surface area contributed by atoms with E-state index in [4.69, 9.17) is 9.47 Å². The molecule has 0 aliphatic carbocycles. The summed E-state index contributed by atoms with van der Waals surface area (Å²) in [7, 11) is 2.43. The van der Waals surface area contributed by atoms with Crippen molar-refractivity contribution in [2.75, 3.05) is 45.9 Å². The third-order valence-electron chi connectivity index (χ3n) is 6.24. The van der Waals surface area contributed by atoms with Crippen LogP contribution in [0.2, 0.25) is 0 Å². The molecule has 0 spiro atoms. The zero-order valence-electron chi connectivity index (χ0n) is 24.8. The van der Waals surface area contributed by atoms with E-state index in [1.807, 2.05) is 36.4 Å². The zero-order valence-corrected chi connectivity index (χ0v) is 26.8. The Bertz CT molecular complexity index is 1050. The summed E-state index contributed by atoms with van der Waals surface area (Å²) in [4.78, 5) is 31.0. The molecule has 2 atom stereocenters. The maximum absolute atomic E-state index is 12.3. The van der Waals surface area contributed by atoms with Gasteiger partial charge in [-0.15, -0.1) is 11.3 Å². The van der Waals surface area contributed by atoms with Gasteiger partial charge >= 0.3 is 6.09 Å². The predicted molar refractivity (Wildman–Crippen MR) is 173 cm³/mol. The molecule has 42 heavy (non-hydrogen) atoms. The molecule has 3 N–H and O–H groups in total. The minimum atomic E-state index is -0.437. The van der Waals surface area contributed by atoms with Crippen LogP contribution >= 0.6 is 20.7 Å². The van der Waals surface area contributed by atoms with Gasteiger partial charge < -0.3 is 20.1 Å². The summed E-state index contributed by atoms with van der Waals surface area (Å²) in [6, 6.07) is 20.3. The van der Waals surface area contributed by atoms with E-state index in [-0.39, 0.29) is 18.6 Å². The van der Waals surface area contributed by atoms with Gasteiger partial charge in [0.1, 0.15) is 6.61 Å². The van der Waals surface area contributed by atoms with Gasteiger partial charge in [0.15, 0.2) is 0 Å². The quantitative estimate of drug-likeness (QED) is 0.200. The van der Waals surface area contributed by atoms with E-state index in [2.05, 4.69) is 73.1 Å². The van der Waals surface area contributed by atoms with Crippen molar-refractivity contribution < 1.29 is 19.1 Å². The number of ether oxygens (including phenoxy) is 2. The minimum Gasteiger partial charge on any atom is -0.444 e. The number of unbranched alkanes of at least 4 members (excludes halogenated alkanes) is 1. The van der Waals surface area contributed by atoms with Crippen LogP contribution < -0.4 is 15.7 Å². The van der Waals surface area contributed by atoms with Gasteiger partial charge in [0.25, 0.3) is 0 Å². The first-order valence-electron chi connectivity index (χ1n) is 14.3. The van der Waals surface area contributed by atoms with Gasteiger partial charge in [0.2, 0.25) is 5.91 Å². The number of carbonyl (C=O) groups excluding carboxylic acids is 2. The highest BCUT2D eigenvalue weighted by atomic mass is 32.1. The van der Waals surface area contributed by atoms with Crippen LogP contribution in [0.1, 0.15) is 35.3 Å². The number of carbonyl (C=O) groups is 2. The molecule has 1 aromatic heterocycles. The lowest BCUT2D eigenvalue weighted by molar-refractivity contribution is -0.122. The highest BCUT2D eigenvalue weighted by molar-refractivity contribution is 7.13. The molecule has 2 aromatic carbocycles. The van der Waals surface area contributed by atoms with Gasteiger partial charge in [-0.25, -0.2) is 4.79 Å². The van der Waals surface area contributed by atoms with E-state index in [0.29, 0.717) is 13.1 Å². The average molecular weight is 616 g/mol. The smallest absolute Gasteiger partial charge is 0.407 e. The second kappa shape index (κ2) is 22.7. The number of hydrogen-bond acceptors (Lipinski definition) is 8. The van der Waals surface area contributed by atoms with E-state index < -0.39 is 6.09 Å². The van der Waals surface area contributed by atoms with Crippen LogP contribution in [0.4, 0.5) is 4.79 Å². The standard InChI is InChI=1S/C17H30N5O4PS.2C7H8/c23-16(15(21-27)3-6-22-7-9-25-10-8-22)19-4-1-2-5-20-17(24)26-12-14-11-18-13-28-14;2*1-7-5-3-2-4-6-7/h11,13,15,21H,1-10,12,27H2,(H,19,23)(H,20,24);2*2-6H,1H3. The summed E-state index contributed by atoms with van der Waals surface area (Å²) in [5.74, 6) is 0.000172. The molecule has 2 unspecified atom stereocenters. The van der Waals surface area contributed by atoms with E-state index in [1.165, 1.54) is 22.5 Å². The number of morpholine rings is 1. The number of nitrogens with one attached hydrogen (secondary N) is 3. The van der Waals surface area contributed by atoms with E-state index in [0.717, 1.165) is 57.0 Å². The molecular formula is C31H46N5O4PS. The van der Waals surface area contributed by atoms with Crippen LogP contribution in [-0.2, 0) is 20.9 Å². The van der Waals surface area contributed by atoms with Crippen molar-refractivity contribution in [3.8, 4) is 0 Å². The van der Waals surface area contributed by atoms with Gasteiger partial charge in [-0.05, 0) is 33.1 Å². The summed E-state index contributed by atoms with van der Waals surface area (Å²) < 4.78 is 10.4. The van der Waals surface area contributed by atoms with Crippen LogP contribution in [0.15, 0.2) is 72.4 Å². The van der Waals surface area contributed by atoms with Crippen LogP contribution in [0.25, 0.3) is 0 Å². The summed E-state index contributed by atoms with van der Waals surface area (Å²) >= 11 is 1.45. The number of nitrogens with zero attached hydrogens (tertiary/aromatic N) is 2. The maximum Gasteiger partial charge on any atom is 0.407 e. The second-order valence-electron chi connectivity index (χ2n) is 9.74. The fourth-order valence-corrected chi connectivity index (χ4v) is 4.60. The van der Waals surface area contributed by atoms with Crippen LogP contribution in [0, 0.1) is 13.8 Å². The monoisotopic (exact) mass is 615 g/mol. The van der Waals surface area contributed by atoms with E-state index >= 15 is 0 Å². The summed E-state index contributed by atoms with van der Waals surface area (Å²) in [6.07, 6.45) is 3.55. The zero-order chi connectivity index (χ0) is 30.3. The number of aromatic nitrogens is 1. The largest absolute Gasteiger partial charge is 0.444 e. The number of hydrogen-bond donors (Lipinski definition) is 3. The Morgan fingerprint density at radius 3 is 2.07 bits per heavy atom. The Morgan fingerprint density at radius 2 is 1.57 bits per heavy atom. The molecule has 11 heteroatoms. The minimum absolute atomic E-state index is 0.000172. The lowest BCUT2D eigenvalue weighted by atomic mass is 10.2. The molecule has 2 amide bonds. The molecule has 0 radical (unpaired) electrons. The summed E-state index contributed by atoms with van der Waals surface area (Å²) in [5, 5.41) is 8.65. The van der Waals surface area contributed by atoms with Crippen molar-refractivity contribution in [1.29, 1.82) is 0 Å². The molecule has 0 saturated carbocycles. The van der Waals surface area contributed by atoms with Gasteiger partial charge in [0, 0.05) is 38.9 Å². The normalized spacial score (nSPS) is 13.4. The van der Waals surface area contributed by atoms with Gasteiger partial charge in [-0.1, -0.05) is 81.2 Å². The van der Waals surface area contributed by atoms with Crippen molar-refractivity contribution in [2.24, 2.45) is 0 Å². The molecule has 2 heterocycles. The lowest BCUT2D eigenvalue weighted by Gasteiger charge is -2.28. The molecule has 0 bridgehead atoms. The van der Waals surface area contributed by atoms with E-state index in [9.17, 15) is 9.59 Å². The molecule has 4 rings (SSSR count). The Balaban J connectivity index is 0.000000354. The third-order valence-corrected chi connectivity index (χ3v) is 7.39. The average Bonchev–Trinajstić information content (AvgIpc) is 3.54. The van der Waals surface area contributed by atoms with Gasteiger partial charge in [0.05, 0.1) is 29.6 Å². The lowest BCUT2D eigenvalue weighted by Crippen LogP contribution is -2.44. The third kappa shape index (κ3) is 17.2. The fraction of sp³-hybridized carbons (Fsp3) is 0.452. The topological polar surface area (TPSA) is 105 Å². The second-order valence-corrected chi connectivity index (χ2v) is 11.0. The number of thiazole rings is 1. The highest BCUT2D eigenvalue weighted by Crippen LogP contribution is 2.06. The van der Waals surface area contributed by atoms with Crippen LogP contribution in [0.3, 0.4) is 0 Å². The summed E-state index contributed by atoms with van der Waals surface area (Å²) in [5.41, 5.74) is 4.34. The molecule has 1 aliphatic heterocycles. The number of rotatable bonds is 12. The fourth-order valence-electron chi connectivity index (χ4n) is 3.77. The SMILES string of the molecule is Cc1ccccc1.Cc1ccccc1.O=C(NCCCCNC(=O)C(CCN1CCOCC1)NP)OCc1cncs1. The van der Waals surface area contributed by atoms with Crippen molar-refractivity contribution >= 4 is 32.7 Å². The van der Waals surface area contributed by atoms with Crippen molar-refractivity contribution in [1.82, 2.24) is 25.6 Å². The molecule has 1 aliphatic rings. The maximum atomic E-state index is 12.3. The molecular weight excluding hydrogens is 569 g/mol. The number of benzene rings is 2. The van der Waals surface area contributed by atoms with Gasteiger partial charge in [-0.2, -0.15) is 0 Å². The molecule has 3 aromatic rings. The predicted octanol–water partition coefficient (Wildman–Crippen LogP) is 4.73. The van der Waals surface area contributed by atoms with Crippen molar-refractivity contribution in [3.05, 3.63) is 88.4 Å². The van der Waals surface area contributed by atoms with Crippen LogP contribution in [-0.4, -0.2) is 73.9 Å². The van der Waals surface area contributed by atoms with Crippen molar-refractivity contribution in [3.63, 3.8) is 0 Å². The molecule has 1 fully saturated rings. The Morgan fingerprint density at radius 1 is 0.976 bits per heavy atom. The molecule has 1 saturated heterocycles. The number of alkyl carbamates (subject to hydrolysis) is 1. The summed E-state index contributed by atoms with van der Waals surface area (Å²) in [6.45, 7) is 9.74. The Kier molecular flexibility index (Phi) is 19.1. The first-order valence-corrected chi connectivity index (χ1v) is 15.8. The molecule has 230 valence electrons. The Hall–Kier alpha value is -2.88. The molecule has 9 nitrogen and oxygen atoms in total. The van der Waals surface area contributed by atoms with E-state index in [1.54, 1.807) is 11.7 Å². The van der Waals surface area contributed by atoms with Crippen LogP contribution in [0.5, 0.6) is 0 Å². The first kappa shape index (κ1) is 35.3. The first-order chi connectivity index (χ1) is 20.5. The number of aryl methyl sites for hydroxylation is 2. The Labute approximate surface area is 257 Å². The van der Waals surface area contributed by atoms with Crippen molar-refractivity contribution in [2.45, 2.75) is 45.8 Å².